The molecule has 1 N–H and O–H groups in total. The Labute approximate surface area is 148 Å². The Morgan fingerprint density at radius 2 is 2.08 bits per heavy atom. The predicted octanol–water partition coefficient (Wildman–Crippen LogP) is 2.69. The average molecular weight is 342 g/mol. The maximum Gasteiger partial charge on any atom is 0.126 e. The Balaban J connectivity index is 1.50. The number of likely N-dealkylation sites (tertiary alicyclic amines) is 1. The van der Waals surface area contributed by atoms with Crippen molar-refractivity contribution in [2.24, 2.45) is 0 Å². The minimum absolute atomic E-state index is 0.370. The van der Waals surface area contributed by atoms with Crippen molar-refractivity contribution in [1.82, 2.24) is 19.9 Å². The molecule has 0 saturated carbocycles. The average Bonchev–Trinajstić information content (AvgIpc) is 3.13. The zero-order valence-corrected chi connectivity index (χ0v) is 14.9. The van der Waals surface area contributed by atoms with E-state index in [0.717, 1.165) is 43.8 Å². The van der Waals surface area contributed by atoms with Gasteiger partial charge in [0.05, 0.1) is 25.5 Å². The smallest absolute Gasteiger partial charge is 0.126 e. The van der Waals surface area contributed by atoms with Gasteiger partial charge >= 0.3 is 0 Å². The molecule has 25 heavy (non-hydrogen) atoms. The lowest BCUT2D eigenvalue weighted by Gasteiger charge is -2.30. The van der Waals surface area contributed by atoms with E-state index in [1.807, 2.05) is 29.1 Å². The number of aromatic nitrogens is 3. The summed E-state index contributed by atoms with van der Waals surface area (Å²) in [6.45, 7) is 4.71. The second-order valence-electron chi connectivity index (χ2n) is 6.48. The lowest BCUT2D eigenvalue weighted by Crippen LogP contribution is -2.34. The highest BCUT2D eigenvalue weighted by atomic mass is 16.5. The van der Waals surface area contributed by atoms with Crippen LogP contribution >= 0.6 is 0 Å². The van der Waals surface area contributed by atoms with E-state index >= 15 is 0 Å². The fourth-order valence-corrected chi connectivity index (χ4v) is 3.16. The molecule has 0 spiro atoms. The molecule has 2 heterocycles. The molecule has 134 valence electrons. The molecule has 3 rings (SSSR count). The van der Waals surface area contributed by atoms with Crippen molar-refractivity contribution in [3.05, 3.63) is 47.8 Å². The second kappa shape index (κ2) is 8.27. The van der Waals surface area contributed by atoms with Gasteiger partial charge in [0.25, 0.3) is 0 Å². The summed E-state index contributed by atoms with van der Waals surface area (Å²) >= 11 is 0. The van der Waals surface area contributed by atoms with E-state index in [2.05, 4.69) is 33.4 Å². The SMILES string of the molecule is COc1ccccc1C=CCN1CCC(n2cc(C(C)O)nn2)CC1. The van der Waals surface area contributed by atoms with Crippen LogP contribution < -0.4 is 4.74 Å². The van der Waals surface area contributed by atoms with Gasteiger partial charge in [-0.2, -0.15) is 0 Å². The number of piperidine rings is 1. The number of benzene rings is 1. The zero-order valence-electron chi connectivity index (χ0n) is 14.9. The minimum Gasteiger partial charge on any atom is -0.496 e. The van der Waals surface area contributed by atoms with Crippen molar-refractivity contribution in [2.75, 3.05) is 26.7 Å². The topological polar surface area (TPSA) is 63.4 Å². The molecular formula is C19H26N4O2. The Hall–Kier alpha value is -2.18. The van der Waals surface area contributed by atoms with E-state index < -0.39 is 6.10 Å². The highest BCUT2D eigenvalue weighted by Crippen LogP contribution is 2.23. The molecule has 0 aliphatic carbocycles. The summed E-state index contributed by atoms with van der Waals surface area (Å²) in [6, 6.07) is 8.41. The first kappa shape index (κ1) is 17.6. The molecule has 2 aromatic rings. The third kappa shape index (κ3) is 4.46. The molecule has 1 fully saturated rings. The fourth-order valence-electron chi connectivity index (χ4n) is 3.16. The van der Waals surface area contributed by atoms with Gasteiger partial charge in [-0.3, -0.25) is 4.90 Å². The van der Waals surface area contributed by atoms with Crippen LogP contribution in [-0.4, -0.2) is 51.7 Å². The monoisotopic (exact) mass is 342 g/mol. The Morgan fingerprint density at radius 1 is 1.32 bits per heavy atom. The summed E-state index contributed by atoms with van der Waals surface area (Å²) in [4.78, 5) is 2.44. The maximum absolute atomic E-state index is 9.57. The zero-order chi connectivity index (χ0) is 17.6. The quantitative estimate of drug-likeness (QED) is 0.874. The largest absolute Gasteiger partial charge is 0.496 e. The normalized spacial score (nSPS) is 17.9. The van der Waals surface area contributed by atoms with Crippen LogP contribution in [0.1, 0.15) is 43.2 Å². The van der Waals surface area contributed by atoms with E-state index in [9.17, 15) is 5.11 Å². The molecule has 1 aliphatic heterocycles. The van der Waals surface area contributed by atoms with E-state index in [1.165, 1.54) is 0 Å². The highest BCUT2D eigenvalue weighted by molar-refractivity contribution is 5.57. The van der Waals surface area contributed by atoms with Crippen LogP contribution in [-0.2, 0) is 0 Å². The first-order chi connectivity index (χ1) is 12.2. The van der Waals surface area contributed by atoms with Gasteiger partial charge in [-0.05, 0) is 25.8 Å². The summed E-state index contributed by atoms with van der Waals surface area (Å²) < 4.78 is 7.28. The number of ether oxygens (including phenoxy) is 1. The number of rotatable bonds is 6. The number of hydrogen-bond acceptors (Lipinski definition) is 5. The van der Waals surface area contributed by atoms with Gasteiger partial charge in [-0.1, -0.05) is 35.6 Å². The van der Waals surface area contributed by atoms with Gasteiger partial charge in [0, 0.05) is 25.2 Å². The molecule has 1 aliphatic rings. The van der Waals surface area contributed by atoms with Crippen LogP contribution in [0.3, 0.4) is 0 Å². The Bertz CT molecular complexity index is 703. The molecule has 0 radical (unpaired) electrons. The molecule has 1 aromatic carbocycles. The number of nitrogens with zero attached hydrogens (tertiary/aromatic N) is 4. The molecule has 1 saturated heterocycles. The number of methoxy groups -OCH3 is 1. The first-order valence-electron chi connectivity index (χ1n) is 8.79. The Kier molecular flexibility index (Phi) is 5.83. The second-order valence-corrected chi connectivity index (χ2v) is 6.48. The summed E-state index contributed by atoms with van der Waals surface area (Å²) in [5, 5.41) is 17.8. The molecule has 0 amide bonds. The van der Waals surface area contributed by atoms with Crippen LogP contribution in [0.4, 0.5) is 0 Å². The number of aliphatic hydroxyl groups excluding tert-OH is 1. The van der Waals surface area contributed by atoms with E-state index in [1.54, 1.807) is 14.0 Å². The molecule has 1 aromatic heterocycles. The summed E-state index contributed by atoms with van der Waals surface area (Å²) in [6.07, 6.45) is 7.72. The van der Waals surface area contributed by atoms with Gasteiger partial charge in [0.15, 0.2) is 0 Å². The highest BCUT2D eigenvalue weighted by Gasteiger charge is 2.21. The summed E-state index contributed by atoms with van der Waals surface area (Å²) in [7, 11) is 1.70. The van der Waals surface area contributed by atoms with Crippen LogP contribution in [0.2, 0.25) is 0 Å². The fraction of sp³-hybridized carbons (Fsp3) is 0.474. The van der Waals surface area contributed by atoms with Gasteiger partial charge in [-0.25, -0.2) is 4.68 Å². The van der Waals surface area contributed by atoms with Gasteiger partial charge in [-0.15, -0.1) is 5.10 Å². The molecule has 0 bridgehead atoms. The molecule has 1 unspecified atom stereocenters. The number of aliphatic hydroxyl groups is 1. The lowest BCUT2D eigenvalue weighted by atomic mass is 10.1. The van der Waals surface area contributed by atoms with Crippen molar-refractivity contribution in [3.8, 4) is 5.75 Å². The van der Waals surface area contributed by atoms with Crippen LogP contribution in [0.15, 0.2) is 36.5 Å². The van der Waals surface area contributed by atoms with Crippen molar-refractivity contribution < 1.29 is 9.84 Å². The van der Waals surface area contributed by atoms with Crippen LogP contribution in [0.25, 0.3) is 6.08 Å². The third-order valence-electron chi connectivity index (χ3n) is 4.69. The minimum atomic E-state index is -0.561. The van der Waals surface area contributed by atoms with Crippen LogP contribution in [0.5, 0.6) is 5.75 Å². The van der Waals surface area contributed by atoms with Crippen molar-refractivity contribution >= 4 is 6.08 Å². The number of para-hydroxylation sites is 1. The molecule has 6 heteroatoms. The molecular weight excluding hydrogens is 316 g/mol. The standard InChI is InChI=1S/C19H26N4O2/c1-15(24)18-14-23(21-20-18)17-9-12-22(13-10-17)11-5-7-16-6-3-4-8-19(16)25-2/h3-8,14-15,17,24H,9-13H2,1-2H3. The van der Waals surface area contributed by atoms with Gasteiger partial charge in [0.1, 0.15) is 11.4 Å². The number of hydrogen-bond donors (Lipinski definition) is 1. The Morgan fingerprint density at radius 3 is 2.76 bits per heavy atom. The molecule has 6 nitrogen and oxygen atoms in total. The first-order valence-corrected chi connectivity index (χ1v) is 8.79. The van der Waals surface area contributed by atoms with Gasteiger partial charge < -0.3 is 9.84 Å². The van der Waals surface area contributed by atoms with Crippen molar-refractivity contribution in [3.63, 3.8) is 0 Å². The van der Waals surface area contributed by atoms with E-state index in [-0.39, 0.29) is 0 Å². The van der Waals surface area contributed by atoms with Gasteiger partial charge in [0.2, 0.25) is 0 Å². The predicted molar refractivity (Wildman–Crippen MR) is 97.4 cm³/mol. The third-order valence-corrected chi connectivity index (χ3v) is 4.69. The van der Waals surface area contributed by atoms with Crippen molar-refractivity contribution in [1.29, 1.82) is 0 Å². The lowest BCUT2D eigenvalue weighted by molar-refractivity contribution is 0.191. The molecule has 1 atom stereocenters. The van der Waals surface area contributed by atoms with E-state index in [4.69, 9.17) is 4.74 Å². The summed E-state index contributed by atoms with van der Waals surface area (Å²) in [5.74, 6) is 0.901. The maximum atomic E-state index is 9.57. The van der Waals surface area contributed by atoms with Crippen molar-refractivity contribution in [2.45, 2.75) is 31.9 Å². The van der Waals surface area contributed by atoms with Crippen LogP contribution in [0, 0.1) is 0 Å². The summed E-state index contributed by atoms with van der Waals surface area (Å²) in [5.41, 5.74) is 1.75. The van der Waals surface area contributed by atoms with E-state index in [0.29, 0.717) is 11.7 Å².